The minimum Gasteiger partial charge on any atom is -0.502 e. The summed E-state index contributed by atoms with van der Waals surface area (Å²) in [5.41, 5.74) is 5.58. The number of carbonyl (C=O) groups is 4. The fraction of sp³-hybridized carbons (Fsp3) is 0.268. The molecular weight excluding hydrogens is 682 g/mol. The molecule has 6 atom stereocenters. The minimum absolute atomic E-state index is 0.123. The lowest BCUT2D eigenvalue weighted by atomic mass is 9.49. The second kappa shape index (κ2) is 12.6. The van der Waals surface area contributed by atoms with Gasteiger partial charge in [-0.1, -0.05) is 71.3 Å². The summed E-state index contributed by atoms with van der Waals surface area (Å²) in [4.78, 5) is 60.0. The summed E-state index contributed by atoms with van der Waals surface area (Å²) < 4.78 is 11.2. The summed E-state index contributed by atoms with van der Waals surface area (Å²) in [7, 11) is 2.85. The van der Waals surface area contributed by atoms with E-state index in [1.54, 1.807) is 48.5 Å². The topological polar surface area (TPSA) is 125 Å². The average molecular weight is 718 g/mol. The zero-order chi connectivity index (χ0) is 36.5. The molecule has 4 aromatic carbocycles. The number of aryl methyl sites for hydroxylation is 1. The molecule has 2 saturated heterocycles. The number of nitrogens with one attached hydrogen (secondary N) is 1. The number of ether oxygens (including phenoxy) is 2. The standard InChI is InChI=1S/C41H36ClN3O7/c1-22-9-13-26(14-10-22)43-45-38(48)31-21-30-28(17-18-29-34(30)39(49)44(37(29)47)27-15-11-25(42)12-16-27)35(23-19-32(51-2)36(46)33(20-23)52-3)41(31,40(45)50)24-7-5-4-6-8-24/h4-17,19-20,29-31,34-35,43,46H,18,21H2,1-3H3/t29-,30+,31-,34-,35-,41+/m0/s1. The van der Waals surface area contributed by atoms with Crippen LogP contribution in [0.25, 0.3) is 0 Å². The fourth-order valence-electron chi connectivity index (χ4n) is 9.05. The van der Waals surface area contributed by atoms with Crippen LogP contribution in [0.3, 0.4) is 0 Å². The van der Waals surface area contributed by atoms with Crippen LogP contribution in [0.4, 0.5) is 11.4 Å². The number of amides is 4. The molecule has 11 heteroatoms. The van der Waals surface area contributed by atoms with Crippen LogP contribution >= 0.6 is 11.6 Å². The number of phenolic OH excluding ortho intramolecular Hbond substituents is 1. The Labute approximate surface area is 305 Å². The molecular formula is C41H36ClN3O7. The number of anilines is 2. The molecule has 8 rings (SSSR count). The van der Waals surface area contributed by atoms with Gasteiger partial charge in [0.05, 0.1) is 48.8 Å². The van der Waals surface area contributed by atoms with Crippen molar-refractivity contribution in [3.63, 3.8) is 0 Å². The van der Waals surface area contributed by atoms with Gasteiger partial charge in [-0.2, -0.15) is 5.01 Å². The van der Waals surface area contributed by atoms with Crippen LogP contribution in [0.1, 0.15) is 35.4 Å². The lowest BCUT2D eigenvalue weighted by molar-refractivity contribution is -0.138. The van der Waals surface area contributed by atoms with Gasteiger partial charge in [0.2, 0.25) is 17.6 Å². The zero-order valence-corrected chi connectivity index (χ0v) is 29.5. The highest BCUT2D eigenvalue weighted by Gasteiger charge is 2.70. The molecule has 10 nitrogen and oxygen atoms in total. The molecule has 2 heterocycles. The maximum Gasteiger partial charge on any atom is 0.260 e. The number of aromatic hydroxyl groups is 1. The predicted molar refractivity (Wildman–Crippen MR) is 194 cm³/mol. The monoisotopic (exact) mass is 717 g/mol. The second-order valence-electron chi connectivity index (χ2n) is 13.9. The lowest BCUT2D eigenvalue weighted by Crippen LogP contribution is -2.53. The van der Waals surface area contributed by atoms with Crippen molar-refractivity contribution in [3.05, 3.63) is 124 Å². The van der Waals surface area contributed by atoms with E-state index < -0.39 is 46.8 Å². The molecule has 4 amide bonds. The third kappa shape index (κ3) is 4.84. The van der Waals surface area contributed by atoms with Crippen molar-refractivity contribution in [1.82, 2.24) is 5.01 Å². The molecule has 0 bridgehead atoms. The van der Waals surface area contributed by atoms with E-state index in [0.29, 0.717) is 27.5 Å². The van der Waals surface area contributed by atoms with Crippen LogP contribution < -0.4 is 19.8 Å². The first-order valence-electron chi connectivity index (χ1n) is 17.2. The number of halogens is 1. The van der Waals surface area contributed by atoms with E-state index in [0.717, 1.165) is 16.1 Å². The number of fused-ring (bicyclic) bond motifs is 4. The van der Waals surface area contributed by atoms with E-state index in [2.05, 4.69) is 5.43 Å². The van der Waals surface area contributed by atoms with Crippen molar-refractivity contribution in [2.75, 3.05) is 24.5 Å². The number of carbonyl (C=O) groups excluding carboxylic acids is 4. The third-order valence-electron chi connectivity index (χ3n) is 11.3. The lowest BCUT2D eigenvalue weighted by Gasteiger charge is -2.50. The van der Waals surface area contributed by atoms with Gasteiger partial charge in [0.25, 0.3) is 11.8 Å². The average Bonchev–Trinajstić information content (AvgIpc) is 3.54. The number of benzene rings is 4. The Hall–Kier alpha value is -5.61. The number of nitrogens with zero attached hydrogens (tertiary/aromatic N) is 2. The highest BCUT2D eigenvalue weighted by atomic mass is 35.5. The van der Waals surface area contributed by atoms with Gasteiger partial charge in [-0.3, -0.25) is 29.5 Å². The molecule has 0 unspecified atom stereocenters. The fourth-order valence-corrected chi connectivity index (χ4v) is 9.17. The van der Waals surface area contributed by atoms with Crippen LogP contribution in [0, 0.1) is 30.6 Å². The van der Waals surface area contributed by atoms with Crippen LogP contribution in [-0.4, -0.2) is 48.0 Å². The molecule has 0 spiro atoms. The maximum atomic E-state index is 15.4. The maximum absolute atomic E-state index is 15.4. The molecule has 264 valence electrons. The Morgan fingerprint density at radius 2 is 1.48 bits per heavy atom. The normalized spacial score (nSPS) is 26.5. The highest BCUT2D eigenvalue weighted by Crippen LogP contribution is 2.65. The van der Waals surface area contributed by atoms with E-state index in [9.17, 15) is 19.5 Å². The molecule has 2 aliphatic carbocycles. The molecule has 52 heavy (non-hydrogen) atoms. The quantitative estimate of drug-likeness (QED) is 0.163. The Morgan fingerprint density at radius 1 is 0.827 bits per heavy atom. The van der Waals surface area contributed by atoms with Gasteiger partial charge < -0.3 is 14.6 Å². The summed E-state index contributed by atoms with van der Waals surface area (Å²) >= 11 is 6.14. The summed E-state index contributed by atoms with van der Waals surface area (Å²) in [6.07, 6.45) is 2.39. The van der Waals surface area contributed by atoms with Gasteiger partial charge in [-0.15, -0.1) is 0 Å². The summed E-state index contributed by atoms with van der Waals surface area (Å²) in [6.45, 7) is 1.95. The van der Waals surface area contributed by atoms with Crippen LogP contribution in [0.15, 0.2) is 103 Å². The number of hydrazine groups is 1. The van der Waals surface area contributed by atoms with Crippen molar-refractivity contribution in [2.45, 2.75) is 31.1 Å². The first-order chi connectivity index (χ1) is 25.1. The van der Waals surface area contributed by atoms with Crippen molar-refractivity contribution in [3.8, 4) is 17.2 Å². The molecule has 0 aromatic heterocycles. The summed E-state index contributed by atoms with van der Waals surface area (Å²) in [5.74, 6) is -5.29. The number of allylic oxidation sites excluding steroid dienone is 2. The molecule has 1 saturated carbocycles. The summed E-state index contributed by atoms with van der Waals surface area (Å²) in [6, 6.07) is 26.5. The van der Waals surface area contributed by atoms with Crippen molar-refractivity contribution in [1.29, 1.82) is 0 Å². The third-order valence-corrected chi connectivity index (χ3v) is 11.6. The van der Waals surface area contributed by atoms with E-state index in [4.69, 9.17) is 21.1 Å². The minimum atomic E-state index is -1.49. The van der Waals surface area contributed by atoms with Crippen molar-refractivity contribution >= 4 is 46.6 Å². The number of hydrogen-bond donors (Lipinski definition) is 2. The number of phenols is 1. The Morgan fingerprint density at radius 3 is 2.12 bits per heavy atom. The van der Waals surface area contributed by atoms with Crippen molar-refractivity contribution < 1.29 is 33.8 Å². The van der Waals surface area contributed by atoms with Gasteiger partial charge in [0.15, 0.2) is 11.5 Å². The van der Waals surface area contributed by atoms with Gasteiger partial charge in [-0.05, 0) is 85.3 Å². The first kappa shape index (κ1) is 33.5. The molecule has 3 fully saturated rings. The van der Waals surface area contributed by atoms with Crippen LogP contribution in [-0.2, 0) is 24.6 Å². The van der Waals surface area contributed by atoms with Crippen LogP contribution in [0.5, 0.6) is 17.2 Å². The number of rotatable bonds is 7. The molecule has 4 aromatic rings. The Balaban J connectivity index is 1.35. The molecule has 4 aliphatic rings. The smallest absolute Gasteiger partial charge is 0.260 e. The van der Waals surface area contributed by atoms with E-state index in [1.165, 1.54) is 19.1 Å². The zero-order valence-electron chi connectivity index (χ0n) is 28.7. The SMILES string of the molecule is COc1cc([C@H]2C3=CC[C@@H]4C(=O)N(c5ccc(Cl)cc5)C(=O)[C@@H]4[C@@H]3C[C@H]3C(=O)N(Nc4ccc(C)cc4)C(=O)[C@@]23c2ccccc2)cc(OC)c1O. The van der Waals surface area contributed by atoms with Gasteiger partial charge >= 0.3 is 0 Å². The number of methoxy groups -OCH3 is 2. The largest absolute Gasteiger partial charge is 0.502 e. The highest BCUT2D eigenvalue weighted by molar-refractivity contribution is 6.31. The number of imide groups is 2. The Bertz CT molecular complexity index is 2130. The first-order valence-corrected chi connectivity index (χ1v) is 17.5. The Kier molecular flexibility index (Phi) is 8.10. The van der Waals surface area contributed by atoms with E-state index in [-0.39, 0.29) is 41.9 Å². The molecule has 2 N–H and O–H groups in total. The number of hydrogen-bond acceptors (Lipinski definition) is 8. The van der Waals surface area contributed by atoms with Crippen molar-refractivity contribution in [2.24, 2.45) is 23.7 Å². The van der Waals surface area contributed by atoms with E-state index in [1.807, 2.05) is 55.5 Å². The predicted octanol–water partition coefficient (Wildman–Crippen LogP) is 6.56. The second-order valence-corrected chi connectivity index (χ2v) is 14.3. The van der Waals surface area contributed by atoms with Gasteiger partial charge in [0.1, 0.15) is 0 Å². The molecule has 2 aliphatic heterocycles. The van der Waals surface area contributed by atoms with Gasteiger partial charge in [-0.25, -0.2) is 0 Å². The van der Waals surface area contributed by atoms with Gasteiger partial charge in [0, 0.05) is 10.9 Å². The molecule has 0 radical (unpaired) electrons. The van der Waals surface area contributed by atoms with Crippen LogP contribution in [0.2, 0.25) is 5.02 Å². The summed E-state index contributed by atoms with van der Waals surface area (Å²) in [5, 5.41) is 12.6. The van der Waals surface area contributed by atoms with E-state index >= 15 is 4.79 Å².